The second-order valence-electron chi connectivity index (χ2n) is 9.97. The Labute approximate surface area is 249 Å². The minimum atomic E-state index is 0.813. The maximum atomic E-state index is 6.55. The SMILES string of the molecule is C1=C(c2ccccc2)OC(c2ccccc2)=CC1=C(c1cc(-c2ccccc2)[o+]c(-c2ccccc2)c1)c1cccs1. The van der Waals surface area contributed by atoms with Crippen LogP contribution in [-0.2, 0) is 4.74 Å². The van der Waals surface area contributed by atoms with Gasteiger partial charge in [-0.3, -0.25) is 0 Å². The van der Waals surface area contributed by atoms with Crippen molar-refractivity contribution in [1.29, 1.82) is 0 Å². The summed E-state index contributed by atoms with van der Waals surface area (Å²) in [6.45, 7) is 0. The van der Waals surface area contributed by atoms with Crippen molar-refractivity contribution in [1.82, 2.24) is 0 Å². The fourth-order valence-electron chi connectivity index (χ4n) is 5.14. The fourth-order valence-corrected chi connectivity index (χ4v) is 5.96. The highest BCUT2D eigenvalue weighted by Gasteiger charge is 2.25. The van der Waals surface area contributed by atoms with Gasteiger partial charge < -0.3 is 4.74 Å². The number of hydrogen-bond acceptors (Lipinski definition) is 2. The van der Waals surface area contributed by atoms with Crippen LogP contribution in [0.2, 0.25) is 0 Å². The Morgan fingerprint density at radius 3 is 1.38 bits per heavy atom. The lowest BCUT2D eigenvalue weighted by Gasteiger charge is -2.21. The third-order valence-electron chi connectivity index (χ3n) is 7.16. The van der Waals surface area contributed by atoms with Crippen LogP contribution < -0.4 is 0 Å². The number of benzene rings is 4. The van der Waals surface area contributed by atoms with E-state index in [2.05, 4.69) is 90.3 Å². The summed E-state index contributed by atoms with van der Waals surface area (Å²) in [6.07, 6.45) is 4.32. The molecule has 0 unspecified atom stereocenters. The van der Waals surface area contributed by atoms with Gasteiger partial charge in [0.05, 0.1) is 23.3 Å². The zero-order valence-electron chi connectivity index (χ0n) is 22.8. The summed E-state index contributed by atoms with van der Waals surface area (Å²) in [5.41, 5.74) is 7.39. The first kappa shape index (κ1) is 25.7. The molecular formula is C39H27O2S+. The molecule has 1 aliphatic heterocycles. The van der Waals surface area contributed by atoms with E-state index in [9.17, 15) is 0 Å². The average Bonchev–Trinajstić information content (AvgIpc) is 3.61. The minimum absolute atomic E-state index is 0.813. The van der Waals surface area contributed by atoms with Crippen molar-refractivity contribution in [2.24, 2.45) is 0 Å². The predicted octanol–water partition coefficient (Wildman–Crippen LogP) is 10.9. The molecule has 1 aliphatic rings. The zero-order chi connectivity index (χ0) is 28.1. The van der Waals surface area contributed by atoms with Gasteiger partial charge in [-0.2, -0.15) is 0 Å². The summed E-state index contributed by atoms with van der Waals surface area (Å²) >= 11 is 1.73. The number of rotatable bonds is 6. The van der Waals surface area contributed by atoms with Crippen molar-refractivity contribution in [2.45, 2.75) is 0 Å². The van der Waals surface area contributed by atoms with Crippen molar-refractivity contribution in [3.8, 4) is 22.6 Å². The van der Waals surface area contributed by atoms with E-state index in [0.29, 0.717) is 0 Å². The van der Waals surface area contributed by atoms with Crippen LogP contribution in [0, 0.1) is 0 Å². The first-order valence-corrected chi connectivity index (χ1v) is 14.8. The molecule has 0 fully saturated rings. The van der Waals surface area contributed by atoms with E-state index in [1.54, 1.807) is 11.3 Å². The summed E-state index contributed by atoms with van der Waals surface area (Å²) in [4.78, 5) is 1.17. The molecule has 0 bridgehead atoms. The standard InChI is InChI=1S/C39H27O2S/c1-5-14-28(15-6-1)34-24-32(25-35(40-34)29-16-7-2-8-17-29)39(38-22-13-23-42-38)33-26-36(30-18-9-3-10-19-30)41-37(27-33)31-20-11-4-12-21-31/h1-27H/q+1. The Bertz CT molecular complexity index is 1790. The van der Waals surface area contributed by atoms with E-state index >= 15 is 0 Å². The Balaban J connectivity index is 1.51. The van der Waals surface area contributed by atoms with Crippen LogP contribution in [-0.4, -0.2) is 0 Å². The van der Waals surface area contributed by atoms with E-state index in [4.69, 9.17) is 9.15 Å². The molecule has 3 heterocycles. The van der Waals surface area contributed by atoms with Crippen LogP contribution in [0.25, 0.3) is 39.7 Å². The van der Waals surface area contributed by atoms with E-state index in [-0.39, 0.29) is 0 Å². The van der Waals surface area contributed by atoms with Crippen molar-refractivity contribution in [3.63, 3.8) is 0 Å². The lowest BCUT2D eigenvalue weighted by Crippen LogP contribution is -2.02. The summed E-state index contributed by atoms with van der Waals surface area (Å²) in [7, 11) is 0. The molecule has 2 aromatic heterocycles. The number of hydrogen-bond donors (Lipinski definition) is 0. The normalized spacial score (nSPS) is 12.7. The molecule has 0 aliphatic carbocycles. The number of thiophene rings is 1. The Kier molecular flexibility index (Phi) is 7.16. The van der Waals surface area contributed by atoms with Gasteiger partial charge in [0, 0.05) is 27.1 Å². The fraction of sp³-hybridized carbons (Fsp3) is 0. The average molecular weight is 560 g/mol. The van der Waals surface area contributed by atoms with E-state index in [0.717, 1.165) is 62.0 Å². The van der Waals surface area contributed by atoms with Gasteiger partial charge >= 0.3 is 11.5 Å². The van der Waals surface area contributed by atoms with Crippen molar-refractivity contribution < 1.29 is 9.15 Å². The topological polar surface area (TPSA) is 20.5 Å². The van der Waals surface area contributed by atoms with Gasteiger partial charge in [0.15, 0.2) is 0 Å². The van der Waals surface area contributed by atoms with Crippen LogP contribution in [0.4, 0.5) is 0 Å². The summed E-state index contributed by atoms with van der Waals surface area (Å²) in [5.74, 6) is 3.25. The first-order valence-electron chi connectivity index (χ1n) is 13.9. The lowest BCUT2D eigenvalue weighted by molar-refractivity contribution is 0.467. The van der Waals surface area contributed by atoms with Gasteiger partial charge in [0.25, 0.3) is 0 Å². The minimum Gasteiger partial charge on any atom is -0.456 e. The highest BCUT2D eigenvalue weighted by molar-refractivity contribution is 7.11. The van der Waals surface area contributed by atoms with Gasteiger partial charge in [-0.25, -0.2) is 4.42 Å². The summed E-state index contributed by atoms with van der Waals surface area (Å²) < 4.78 is 13.1. The zero-order valence-corrected chi connectivity index (χ0v) is 23.6. The Hall–Kier alpha value is -5.25. The highest BCUT2D eigenvalue weighted by atomic mass is 32.1. The van der Waals surface area contributed by atoms with Crippen LogP contribution in [0.5, 0.6) is 0 Å². The van der Waals surface area contributed by atoms with Crippen LogP contribution in [0.3, 0.4) is 0 Å². The van der Waals surface area contributed by atoms with Gasteiger partial charge in [0.1, 0.15) is 11.5 Å². The maximum Gasteiger partial charge on any atom is 0.361 e. The molecule has 7 rings (SSSR count). The second-order valence-corrected chi connectivity index (χ2v) is 10.9. The van der Waals surface area contributed by atoms with Crippen LogP contribution in [0.1, 0.15) is 21.6 Å². The molecule has 0 saturated carbocycles. The Morgan fingerprint density at radius 1 is 0.500 bits per heavy atom. The van der Waals surface area contributed by atoms with E-state index in [1.165, 1.54) is 4.88 Å². The van der Waals surface area contributed by atoms with Crippen molar-refractivity contribution in [2.75, 3.05) is 0 Å². The Morgan fingerprint density at radius 2 is 0.952 bits per heavy atom. The predicted molar refractivity (Wildman–Crippen MR) is 174 cm³/mol. The van der Waals surface area contributed by atoms with Gasteiger partial charge in [-0.05, 0) is 53.4 Å². The van der Waals surface area contributed by atoms with E-state index < -0.39 is 0 Å². The number of allylic oxidation sites excluding steroid dienone is 3. The molecule has 0 atom stereocenters. The molecule has 3 heteroatoms. The summed E-state index contributed by atoms with van der Waals surface area (Å²) in [5, 5.41) is 2.13. The third kappa shape index (κ3) is 5.38. The highest BCUT2D eigenvalue weighted by Crippen LogP contribution is 2.41. The van der Waals surface area contributed by atoms with E-state index in [1.807, 2.05) is 72.8 Å². The smallest absolute Gasteiger partial charge is 0.361 e. The van der Waals surface area contributed by atoms with Gasteiger partial charge in [-0.15, -0.1) is 11.3 Å². The lowest BCUT2D eigenvalue weighted by atomic mass is 9.93. The molecule has 0 radical (unpaired) electrons. The van der Waals surface area contributed by atoms with Gasteiger partial charge in [0.2, 0.25) is 0 Å². The van der Waals surface area contributed by atoms with Crippen LogP contribution >= 0.6 is 11.3 Å². The molecule has 4 aromatic carbocycles. The molecule has 6 aromatic rings. The van der Waals surface area contributed by atoms with Gasteiger partial charge in [-0.1, -0.05) is 103 Å². The molecule has 0 spiro atoms. The molecule has 200 valence electrons. The molecule has 0 saturated heterocycles. The molecule has 42 heavy (non-hydrogen) atoms. The van der Waals surface area contributed by atoms with Crippen LogP contribution in [0.15, 0.2) is 173 Å². The quantitative estimate of drug-likeness (QED) is 0.189. The summed E-state index contributed by atoms with van der Waals surface area (Å²) in [6, 6.07) is 49.7. The second kappa shape index (κ2) is 11.7. The monoisotopic (exact) mass is 559 g/mol. The number of ether oxygens (including phenoxy) is 1. The largest absolute Gasteiger partial charge is 0.456 e. The molecule has 0 amide bonds. The van der Waals surface area contributed by atoms with Crippen molar-refractivity contribution in [3.05, 3.63) is 190 Å². The van der Waals surface area contributed by atoms with Crippen molar-refractivity contribution >= 4 is 28.4 Å². The third-order valence-corrected chi connectivity index (χ3v) is 8.05. The first-order chi connectivity index (χ1) is 20.8. The molecular weight excluding hydrogens is 532 g/mol. The molecule has 2 nitrogen and oxygen atoms in total. The molecule has 0 N–H and O–H groups in total. The maximum absolute atomic E-state index is 6.55.